The maximum atomic E-state index is 6.22. The van der Waals surface area contributed by atoms with Gasteiger partial charge in [0.05, 0.1) is 0 Å². The van der Waals surface area contributed by atoms with E-state index < -0.39 is 0 Å². The molecule has 1 spiro atoms. The van der Waals surface area contributed by atoms with Gasteiger partial charge < -0.3 is 4.42 Å². The molecule has 4 bridgehead atoms. The average molecular weight is 760 g/mol. The van der Waals surface area contributed by atoms with Gasteiger partial charge in [0.15, 0.2) is 17.5 Å². The molecule has 5 aliphatic rings. The number of rotatable bonds is 5. The summed E-state index contributed by atoms with van der Waals surface area (Å²) in [4.78, 5) is 14.9. The molecule has 2 aromatic heterocycles. The third kappa shape index (κ3) is 5.05. The molecule has 0 saturated heterocycles. The molecular formula is C55H41N3O. The van der Waals surface area contributed by atoms with Crippen molar-refractivity contribution in [1.82, 2.24) is 15.0 Å². The van der Waals surface area contributed by atoms with E-state index in [2.05, 4.69) is 127 Å². The maximum Gasteiger partial charge on any atom is 0.164 e. The van der Waals surface area contributed by atoms with Gasteiger partial charge in [-0.05, 0) is 131 Å². The number of benzene rings is 7. The Morgan fingerprint density at radius 2 is 0.814 bits per heavy atom. The van der Waals surface area contributed by atoms with Crippen LogP contribution in [-0.4, -0.2) is 15.0 Å². The molecule has 0 radical (unpaired) electrons. The van der Waals surface area contributed by atoms with Crippen molar-refractivity contribution in [3.63, 3.8) is 0 Å². The van der Waals surface area contributed by atoms with Crippen LogP contribution in [0.1, 0.15) is 43.2 Å². The van der Waals surface area contributed by atoms with E-state index in [0.29, 0.717) is 29.3 Å². The Bertz CT molecular complexity index is 3020. The summed E-state index contributed by atoms with van der Waals surface area (Å²) in [5.41, 5.74) is 15.9. The van der Waals surface area contributed by atoms with Crippen LogP contribution in [-0.2, 0) is 5.41 Å². The van der Waals surface area contributed by atoms with Crippen molar-refractivity contribution < 1.29 is 4.42 Å². The summed E-state index contributed by atoms with van der Waals surface area (Å²) < 4.78 is 6.22. The molecule has 2 heterocycles. The second-order valence-electron chi connectivity index (χ2n) is 17.6. The third-order valence-electron chi connectivity index (χ3n) is 14.5. The van der Waals surface area contributed by atoms with Gasteiger partial charge in [0, 0.05) is 32.9 Å². The summed E-state index contributed by atoms with van der Waals surface area (Å²) in [6.45, 7) is 0. The van der Waals surface area contributed by atoms with Gasteiger partial charge in [0.1, 0.15) is 11.2 Å². The van der Waals surface area contributed by atoms with Crippen LogP contribution in [0.25, 0.3) is 89.5 Å². The largest absolute Gasteiger partial charge is 0.456 e. The standard InChI is InChI=1S/C55H41N3O/c1-3-9-36(10-4-1)52-56-53(37-11-5-2-6-12-37)58-54(57-52)38-17-15-35(16-18-38)40-19-22-44-45-23-20-41(39-21-24-51-47(30-39)46-13-7-8-14-50(46)59-51)32-49(45)55(48(44)31-40)42-26-33-25-34(28-42)29-43(55)27-33/h1-24,30-34,42-43H,25-29H2. The van der Waals surface area contributed by atoms with Gasteiger partial charge in [-0.15, -0.1) is 0 Å². The highest BCUT2D eigenvalue weighted by Gasteiger charge is 2.61. The first-order valence-electron chi connectivity index (χ1n) is 21.3. The molecule has 5 aliphatic carbocycles. The molecule has 7 aromatic carbocycles. The van der Waals surface area contributed by atoms with E-state index in [1.54, 1.807) is 11.1 Å². The fourth-order valence-corrected chi connectivity index (χ4v) is 12.2. The summed E-state index contributed by atoms with van der Waals surface area (Å²) in [5.74, 6) is 5.14. The summed E-state index contributed by atoms with van der Waals surface area (Å²) >= 11 is 0. The quantitative estimate of drug-likeness (QED) is 0.175. The van der Waals surface area contributed by atoms with Gasteiger partial charge in [-0.1, -0.05) is 133 Å². The number of hydrogen-bond acceptors (Lipinski definition) is 4. The van der Waals surface area contributed by atoms with Crippen molar-refractivity contribution in [2.75, 3.05) is 0 Å². The van der Waals surface area contributed by atoms with Crippen LogP contribution < -0.4 is 0 Å². The van der Waals surface area contributed by atoms with Crippen LogP contribution in [0.3, 0.4) is 0 Å². The molecule has 59 heavy (non-hydrogen) atoms. The number of nitrogens with zero attached hydrogens (tertiary/aromatic N) is 3. The number of hydrogen-bond donors (Lipinski definition) is 0. The van der Waals surface area contributed by atoms with E-state index >= 15 is 0 Å². The Hall–Kier alpha value is -6.65. The van der Waals surface area contributed by atoms with E-state index in [1.807, 2.05) is 36.4 Å². The normalized spacial score (nSPS) is 22.3. The van der Waals surface area contributed by atoms with Crippen molar-refractivity contribution in [1.29, 1.82) is 0 Å². The van der Waals surface area contributed by atoms with E-state index in [1.165, 1.54) is 76.3 Å². The first-order valence-corrected chi connectivity index (χ1v) is 21.3. The van der Waals surface area contributed by atoms with Gasteiger partial charge >= 0.3 is 0 Å². The van der Waals surface area contributed by atoms with E-state index in [0.717, 1.165) is 39.7 Å². The fraction of sp³-hybridized carbons (Fsp3) is 0.182. The Labute approximate surface area is 343 Å². The summed E-state index contributed by atoms with van der Waals surface area (Å²) in [6, 6.07) is 59.2. The van der Waals surface area contributed by atoms with E-state index in [-0.39, 0.29) is 5.41 Å². The van der Waals surface area contributed by atoms with Crippen LogP contribution >= 0.6 is 0 Å². The summed E-state index contributed by atoms with van der Waals surface area (Å²) in [7, 11) is 0. The Kier molecular flexibility index (Phi) is 7.16. The Morgan fingerprint density at radius 3 is 1.41 bits per heavy atom. The lowest BCUT2D eigenvalue weighted by Gasteiger charge is -2.61. The van der Waals surface area contributed by atoms with Crippen molar-refractivity contribution >= 4 is 21.9 Å². The molecule has 282 valence electrons. The zero-order valence-corrected chi connectivity index (χ0v) is 32.7. The fourth-order valence-electron chi connectivity index (χ4n) is 12.2. The lowest BCUT2D eigenvalue weighted by Crippen LogP contribution is -2.55. The Balaban J connectivity index is 0.908. The van der Waals surface area contributed by atoms with Crippen LogP contribution in [0.2, 0.25) is 0 Å². The number of para-hydroxylation sites is 1. The van der Waals surface area contributed by atoms with Gasteiger partial charge in [-0.3, -0.25) is 0 Å². The van der Waals surface area contributed by atoms with Crippen molar-refractivity contribution in [2.24, 2.45) is 23.7 Å². The Morgan fingerprint density at radius 1 is 0.373 bits per heavy atom. The van der Waals surface area contributed by atoms with Crippen molar-refractivity contribution in [2.45, 2.75) is 37.5 Å². The molecule has 4 fully saturated rings. The predicted molar refractivity (Wildman–Crippen MR) is 238 cm³/mol. The molecule has 0 atom stereocenters. The first-order chi connectivity index (χ1) is 29.2. The highest BCUT2D eigenvalue weighted by Crippen LogP contribution is 2.69. The highest BCUT2D eigenvalue weighted by molar-refractivity contribution is 6.06. The maximum absolute atomic E-state index is 6.22. The summed E-state index contributed by atoms with van der Waals surface area (Å²) in [6.07, 6.45) is 6.84. The molecule has 4 nitrogen and oxygen atoms in total. The van der Waals surface area contributed by atoms with Crippen LogP contribution in [0.15, 0.2) is 168 Å². The molecular weight excluding hydrogens is 719 g/mol. The highest BCUT2D eigenvalue weighted by atomic mass is 16.3. The average Bonchev–Trinajstić information content (AvgIpc) is 3.81. The monoisotopic (exact) mass is 759 g/mol. The van der Waals surface area contributed by atoms with Crippen LogP contribution in [0, 0.1) is 23.7 Å². The lowest BCUT2D eigenvalue weighted by molar-refractivity contribution is -0.0399. The number of aromatic nitrogens is 3. The molecule has 0 unspecified atom stereocenters. The minimum atomic E-state index is 0.0447. The molecule has 9 aromatic rings. The lowest BCUT2D eigenvalue weighted by atomic mass is 9.43. The van der Waals surface area contributed by atoms with Crippen molar-refractivity contribution in [3.05, 3.63) is 175 Å². The third-order valence-corrected chi connectivity index (χ3v) is 14.5. The SMILES string of the molecule is c1ccc(-c2nc(-c3ccccc3)nc(-c3ccc(-c4ccc5c(c4)C4(c6cc(-c7ccc8oc9ccccc9c8c7)ccc6-5)C5CC6CC(C5)CC4C6)cc3)n2)cc1. The van der Waals surface area contributed by atoms with E-state index in [9.17, 15) is 0 Å². The van der Waals surface area contributed by atoms with Gasteiger partial charge in [-0.25, -0.2) is 15.0 Å². The second-order valence-corrected chi connectivity index (χ2v) is 17.6. The molecule has 0 N–H and O–H groups in total. The first kappa shape index (κ1) is 33.3. The van der Waals surface area contributed by atoms with Crippen molar-refractivity contribution in [3.8, 4) is 67.5 Å². The van der Waals surface area contributed by atoms with Gasteiger partial charge in [-0.2, -0.15) is 0 Å². The van der Waals surface area contributed by atoms with Gasteiger partial charge in [0.25, 0.3) is 0 Å². The minimum Gasteiger partial charge on any atom is -0.456 e. The molecule has 0 aliphatic heterocycles. The zero-order valence-electron chi connectivity index (χ0n) is 32.7. The molecule has 4 heteroatoms. The van der Waals surface area contributed by atoms with Crippen LogP contribution in [0.4, 0.5) is 0 Å². The zero-order chi connectivity index (χ0) is 38.7. The smallest absolute Gasteiger partial charge is 0.164 e. The second kappa shape index (κ2) is 12.7. The summed E-state index contributed by atoms with van der Waals surface area (Å²) in [5, 5.41) is 2.36. The topological polar surface area (TPSA) is 51.8 Å². The van der Waals surface area contributed by atoms with Crippen LogP contribution in [0.5, 0.6) is 0 Å². The van der Waals surface area contributed by atoms with Gasteiger partial charge in [0.2, 0.25) is 0 Å². The minimum absolute atomic E-state index is 0.0447. The molecule has 14 rings (SSSR count). The predicted octanol–water partition coefficient (Wildman–Crippen LogP) is 13.8. The van der Waals surface area contributed by atoms with E-state index in [4.69, 9.17) is 19.4 Å². The molecule has 4 saturated carbocycles. The molecule has 0 amide bonds. The number of furan rings is 1. The number of fused-ring (bicyclic) bond motifs is 6.